The number of anilines is 1. The molecule has 0 unspecified atom stereocenters. The number of nitrogens with zero attached hydrogens (tertiary/aromatic N) is 5. The minimum absolute atomic E-state index is 0.0916. The van der Waals surface area contributed by atoms with Crippen LogP contribution in [0, 0.1) is 10.1 Å². The molecule has 1 aromatic carbocycles. The number of non-ortho nitro benzene ring substituents is 1. The van der Waals surface area contributed by atoms with Crippen molar-refractivity contribution in [2.75, 3.05) is 18.2 Å². The lowest BCUT2D eigenvalue weighted by molar-refractivity contribution is -0.384. The van der Waals surface area contributed by atoms with Gasteiger partial charge in [0.1, 0.15) is 5.75 Å². The van der Waals surface area contributed by atoms with E-state index in [-0.39, 0.29) is 23.1 Å². The first-order valence-corrected chi connectivity index (χ1v) is 6.97. The molecule has 0 aliphatic heterocycles. The molecule has 2 aromatic rings. The van der Waals surface area contributed by atoms with Gasteiger partial charge in [-0.25, -0.2) is 4.68 Å². The second-order valence-electron chi connectivity index (χ2n) is 4.06. The van der Waals surface area contributed by atoms with Crippen molar-refractivity contribution in [2.24, 2.45) is 7.05 Å². The molecule has 1 amide bonds. The molecular formula is C11H12N6O4S. The maximum Gasteiger partial charge on any atom is 0.273 e. The third-order valence-corrected chi connectivity index (χ3v) is 3.59. The summed E-state index contributed by atoms with van der Waals surface area (Å²) in [4.78, 5) is 22.1. The molecule has 0 aliphatic rings. The fraction of sp³-hybridized carbons (Fsp3) is 0.273. The molecule has 0 fully saturated rings. The standard InChI is InChI=1S/C11H12N6O4S/c1-16-11(13-14-15-16)22-6-10(18)12-8-4-3-7(17(19)20)5-9(8)21-2/h3-5H,6H2,1-2H3,(H,12,18). The number of benzene rings is 1. The number of nitro groups is 1. The fourth-order valence-corrected chi connectivity index (χ4v) is 2.21. The zero-order valence-corrected chi connectivity index (χ0v) is 12.5. The van der Waals surface area contributed by atoms with E-state index in [4.69, 9.17) is 4.74 Å². The number of ether oxygens (including phenoxy) is 1. The second-order valence-corrected chi connectivity index (χ2v) is 5.01. The quantitative estimate of drug-likeness (QED) is 0.471. The van der Waals surface area contributed by atoms with Crippen molar-refractivity contribution in [3.63, 3.8) is 0 Å². The number of hydrogen-bond acceptors (Lipinski definition) is 8. The van der Waals surface area contributed by atoms with Crippen LogP contribution in [0.5, 0.6) is 5.75 Å². The first-order chi connectivity index (χ1) is 10.5. The van der Waals surface area contributed by atoms with E-state index in [9.17, 15) is 14.9 Å². The van der Waals surface area contributed by atoms with Gasteiger partial charge in [-0.1, -0.05) is 11.8 Å². The number of amides is 1. The summed E-state index contributed by atoms with van der Waals surface area (Å²) in [5.41, 5.74) is 0.240. The maximum atomic E-state index is 11.9. The smallest absolute Gasteiger partial charge is 0.273 e. The van der Waals surface area contributed by atoms with Gasteiger partial charge in [0.15, 0.2) is 0 Å². The molecule has 10 nitrogen and oxygen atoms in total. The van der Waals surface area contributed by atoms with Crippen LogP contribution in [0.3, 0.4) is 0 Å². The number of thioether (sulfide) groups is 1. The van der Waals surface area contributed by atoms with Crippen LogP contribution in [0.1, 0.15) is 0 Å². The van der Waals surface area contributed by atoms with Crippen LogP contribution in [0.15, 0.2) is 23.4 Å². The SMILES string of the molecule is COc1cc([N+](=O)[O-])ccc1NC(=O)CSc1nnnn1C. The summed E-state index contributed by atoms with van der Waals surface area (Å²) in [6.07, 6.45) is 0. The third kappa shape index (κ3) is 3.69. The molecule has 22 heavy (non-hydrogen) atoms. The van der Waals surface area contributed by atoms with Crippen molar-refractivity contribution in [3.05, 3.63) is 28.3 Å². The van der Waals surface area contributed by atoms with Crippen LogP contribution in [-0.2, 0) is 11.8 Å². The van der Waals surface area contributed by atoms with Crippen LogP contribution in [-0.4, -0.2) is 43.9 Å². The Labute approximate surface area is 129 Å². The molecule has 1 aromatic heterocycles. The molecule has 0 radical (unpaired) electrons. The normalized spacial score (nSPS) is 10.3. The average Bonchev–Trinajstić information content (AvgIpc) is 2.90. The first kappa shape index (κ1) is 15.7. The Kier molecular flexibility index (Phi) is 4.88. The lowest BCUT2D eigenvalue weighted by Gasteiger charge is -2.09. The zero-order valence-electron chi connectivity index (χ0n) is 11.7. The highest BCUT2D eigenvalue weighted by Crippen LogP contribution is 2.29. The van der Waals surface area contributed by atoms with E-state index in [2.05, 4.69) is 20.8 Å². The van der Waals surface area contributed by atoms with Crippen molar-refractivity contribution in [1.29, 1.82) is 0 Å². The lowest BCUT2D eigenvalue weighted by Crippen LogP contribution is -2.15. The summed E-state index contributed by atoms with van der Waals surface area (Å²) < 4.78 is 6.49. The topological polar surface area (TPSA) is 125 Å². The molecule has 0 saturated heterocycles. The average molecular weight is 324 g/mol. The Bertz CT molecular complexity index is 704. The number of aryl methyl sites for hydroxylation is 1. The lowest BCUT2D eigenvalue weighted by atomic mass is 10.2. The first-order valence-electron chi connectivity index (χ1n) is 5.98. The number of carbonyl (C=O) groups excluding carboxylic acids is 1. The molecule has 1 N–H and O–H groups in total. The fourth-order valence-electron chi connectivity index (χ4n) is 1.56. The highest BCUT2D eigenvalue weighted by atomic mass is 32.2. The van der Waals surface area contributed by atoms with Crippen molar-refractivity contribution in [1.82, 2.24) is 20.2 Å². The van der Waals surface area contributed by atoms with E-state index in [0.717, 1.165) is 0 Å². The van der Waals surface area contributed by atoms with Gasteiger partial charge in [-0.15, -0.1) is 5.10 Å². The number of aromatic nitrogens is 4. The Morgan fingerprint density at radius 2 is 2.32 bits per heavy atom. The van der Waals surface area contributed by atoms with Gasteiger partial charge in [0.2, 0.25) is 11.1 Å². The van der Waals surface area contributed by atoms with Gasteiger partial charge in [-0.2, -0.15) is 0 Å². The van der Waals surface area contributed by atoms with E-state index in [1.54, 1.807) is 7.05 Å². The van der Waals surface area contributed by atoms with Gasteiger partial charge in [0.05, 0.1) is 29.5 Å². The minimum Gasteiger partial charge on any atom is -0.494 e. The summed E-state index contributed by atoms with van der Waals surface area (Å²) in [7, 11) is 3.04. The van der Waals surface area contributed by atoms with Gasteiger partial charge < -0.3 is 10.1 Å². The van der Waals surface area contributed by atoms with E-state index >= 15 is 0 Å². The van der Waals surface area contributed by atoms with Crippen LogP contribution in [0.2, 0.25) is 0 Å². The summed E-state index contributed by atoms with van der Waals surface area (Å²) in [6, 6.07) is 3.95. The molecule has 0 aliphatic carbocycles. The van der Waals surface area contributed by atoms with Gasteiger partial charge in [0, 0.05) is 13.1 Å². The Morgan fingerprint density at radius 1 is 1.55 bits per heavy atom. The summed E-state index contributed by atoms with van der Waals surface area (Å²) in [6.45, 7) is 0. The summed E-state index contributed by atoms with van der Waals surface area (Å²) >= 11 is 1.17. The minimum atomic E-state index is -0.537. The number of rotatable bonds is 6. The molecule has 1 heterocycles. The third-order valence-electron chi connectivity index (χ3n) is 2.58. The predicted octanol–water partition coefficient (Wildman–Crippen LogP) is 0.858. The van der Waals surface area contributed by atoms with E-state index in [1.807, 2.05) is 0 Å². The molecule has 0 saturated carbocycles. The van der Waals surface area contributed by atoms with Crippen LogP contribution < -0.4 is 10.1 Å². The van der Waals surface area contributed by atoms with Crippen molar-refractivity contribution < 1.29 is 14.5 Å². The van der Waals surface area contributed by atoms with Crippen molar-refractivity contribution >= 4 is 29.0 Å². The largest absolute Gasteiger partial charge is 0.494 e. The van der Waals surface area contributed by atoms with Gasteiger partial charge in [-0.05, 0) is 16.5 Å². The Balaban J connectivity index is 2.02. The van der Waals surface area contributed by atoms with Crippen LogP contribution >= 0.6 is 11.8 Å². The number of nitro benzene ring substituents is 1. The molecule has 116 valence electrons. The molecule has 11 heteroatoms. The van der Waals surface area contributed by atoms with Crippen LogP contribution in [0.25, 0.3) is 0 Å². The zero-order chi connectivity index (χ0) is 16.1. The number of tetrazole rings is 1. The number of nitrogens with one attached hydrogen (secondary N) is 1. The van der Waals surface area contributed by atoms with Gasteiger partial charge in [-0.3, -0.25) is 14.9 Å². The second kappa shape index (κ2) is 6.85. The van der Waals surface area contributed by atoms with E-state index in [0.29, 0.717) is 10.8 Å². The van der Waals surface area contributed by atoms with E-state index in [1.165, 1.54) is 41.8 Å². The van der Waals surface area contributed by atoms with Gasteiger partial charge >= 0.3 is 0 Å². The molecule has 0 spiro atoms. The molecule has 0 bridgehead atoms. The van der Waals surface area contributed by atoms with Crippen molar-refractivity contribution in [3.8, 4) is 5.75 Å². The Hall–Kier alpha value is -2.69. The monoisotopic (exact) mass is 324 g/mol. The maximum absolute atomic E-state index is 11.9. The molecule has 0 atom stereocenters. The predicted molar refractivity (Wildman–Crippen MR) is 77.8 cm³/mol. The highest BCUT2D eigenvalue weighted by molar-refractivity contribution is 7.99. The van der Waals surface area contributed by atoms with Crippen LogP contribution in [0.4, 0.5) is 11.4 Å². The molecule has 2 rings (SSSR count). The van der Waals surface area contributed by atoms with Gasteiger partial charge in [0.25, 0.3) is 5.69 Å². The number of hydrogen-bond donors (Lipinski definition) is 1. The summed E-state index contributed by atoms with van der Waals surface area (Å²) in [5, 5.41) is 24.7. The molecular weight excluding hydrogens is 312 g/mol. The van der Waals surface area contributed by atoms with E-state index < -0.39 is 4.92 Å². The number of methoxy groups -OCH3 is 1. The Morgan fingerprint density at radius 3 is 2.91 bits per heavy atom. The van der Waals surface area contributed by atoms with Crippen molar-refractivity contribution in [2.45, 2.75) is 5.16 Å². The highest BCUT2D eigenvalue weighted by Gasteiger charge is 2.14. The number of carbonyl (C=O) groups is 1. The summed E-state index contributed by atoms with van der Waals surface area (Å²) in [5.74, 6) is 0.00183.